The molecule has 0 N–H and O–H groups in total. The van der Waals surface area contributed by atoms with Gasteiger partial charge >= 0.3 is 5.97 Å². The van der Waals surface area contributed by atoms with Crippen LogP contribution >= 0.6 is 12.6 Å². The fraction of sp³-hybridized carbons (Fsp3) is 0.889. The van der Waals surface area contributed by atoms with Crippen molar-refractivity contribution in [1.29, 1.82) is 0 Å². The van der Waals surface area contributed by atoms with Gasteiger partial charge in [-0.25, -0.2) is 4.79 Å². The fourth-order valence-corrected chi connectivity index (χ4v) is 1.60. The van der Waals surface area contributed by atoms with Crippen molar-refractivity contribution in [1.82, 2.24) is 0 Å². The van der Waals surface area contributed by atoms with Gasteiger partial charge in [0.05, 0.1) is 6.42 Å². The van der Waals surface area contributed by atoms with Crippen LogP contribution < -0.4 is 0 Å². The summed E-state index contributed by atoms with van der Waals surface area (Å²) in [4.78, 5) is 20.5. The quantitative estimate of drug-likeness (QED) is 0.433. The van der Waals surface area contributed by atoms with Gasteiger partial charge in [-0.3, -0.25) is 4.89 Å². The molecule has 0 aromatic rings. The van der Waals surface area contributed by atoms with Gasteiger partial charge < -0.3 is 0 Å². The Hall–Kier alpha value is -0.220. The normalized spacial score (nSPS) is 18.5. The van der Waals surface area contributed by atoms with Gasteiger partial charge in [0.25, 0.3) is 0 Å². The molecule has 13 heavy (non-hydrogen) atoms. The van der Waals surface area contributed by atoms with E-state index in [2.05, 4.69) is 17.5 Å². The van der Waals surface area contributed by atoms with Crippen LogP contribution in [-0.4, -0.2) is 17.8 Å². The smallest absolute Gasteiger partial charge is 0.298 e. The largest absolute Gasteiger partial charge is 0.343 e. The highest BCUT2D eigenvalue weighted by atomic mass is 32.1. The molecule has 0 atom stereocenters. The minimum absolute atomic E-state index is 0.123. The summed E-state index contributed by atoms with van der Waals surface area (Å²) in [6.45, 7) is 0. The molecule has 0 radical (unpaired) electrons. The summed E-state index contributed by atoms with van der Waals surface area (Å²) in [6.07, 6.45) is 6.07. The Morgan fingerprint density at radius 2 is 2.00 bits per heavy atom. The zero-order chi connectivity index (χ0) is 9.52. The van der Waals surface area contributed by atoms with Crippen LogP contribution in [0.3, 0.4) is 0 Å². The van der Waals surface area contributed by atoms with Gasteiger partial charge in [-0.2, -0.15) is 17.5 Å². The Bertz CT molecular complexity index is 155. The molecule has 0 bridgehead atoms. The van der Waals surface area contributed by atoms with E-state index in [0.29, 0.717) is 12.2 Å². The summed E-state index contributed by atoms with van der Waals surface area (Å²) in [5, 5.41) is 0. The number of carbonyl (C=O) groups excluding carboxylic acids is 1. The summed E-state index contributed by atoms with van der Waals surface area (Å²) >= 11 is 3.92. The molecule has 0 aromatic carbocycles. The average Bonchev–Trinajstić information content (AvgIpc) is 2.17. The molecule has 1 fully saturated rings. The van der Waals surface area contributed by atoms with E-state index < -0.39 is 0 Å². The van der Waals surface area contributed by atoms with E-state index in [0.717, 1.165) is 12.8 Å². The predicted octanol–water partition coefficient (Wildman–Crippen LogP) is 2.11. The first-order valence-electron chi connectivity index (χ1n) is 4.80. The van der Waals surface area contributed by atoms with E-state index in [4.69, 9.17) is 4.89 Å². The molecular formula is C9H16O3S. The van der Waals surface area contributed by atoms with Crippen LogP contribution in [0.2, 0.25) is 0 Å². The highest BCUT2D eigenvalue weighted by Gasteiger charge is 2.16. The molecule has 0 spiro atoms. The first-order chi connectivity index (χ1) is 6.33. The van der Waals surface area contributed by atoms with Gasteiger partial charge in [0.2, 0.25) is 0 Å². The Morgan fingerprint density at radius 1 is 1.31 bits per heavy atom. The molecule has 1 aliphatic carbocycles. The van der Waals surface area contributed by atoms with E-state index in [1.54, 1.807) is 0 Å². The first-order valence-corrected chi connectivity index (χ1v) is 5.43. The second-order valence-electron chi connectivity index (χ2n) is 3.29. The third kappa shape index (κ3) is 4.52. The Labute approximate surface area is 84.1 Å². The Balaban J connectivity index is 2.06. The van der Waals surface area contributed by atoms with Gasteiger partial charge in [-0.05, 0) is 12.8 Å². The average molecular weight is 204 g/mol. The van der Waals surface area contributed by atoms with Gasteiger partial charge in [-0.1, -0.05) is 19.3 Å². The molecule has 1 rings (SSSR count). The molecule has 0 aliphatic heterocycles. The summed E-state index contributed by atoms with van der Waals surface area (Å²) < 4.78 is 0. The van der Waals surface area contributed by atoms with Gasteiger partial charge in [0.1, 0.15) is 6.10 Å². The predicted molar refractivity (Wildman–Crippen MR) is 52.5 cm³/mol. The molecule has 0 saturated heterocycles. The maximum Gasteiger partial charge on any atom is 0.343 e. The molecular weight excluding hydrogens is 188 g/mol. The second-order valence-corrected chi connectivity index (χ2v) is 3.73. The van der Waals surface area contributed by atoms with Crippen LogP contribution in [0.25, 0.3) is 0 Å². The summed E-state index contributed by atoms with van der Waals surface area (Å²) in [5.74, 6) is 0.188. The van der Waals surface area contributed by atoms with Crippen LogP contribution in [0.1, 0.15) is 38.5 Å². The number of rotatable bonds is 4. The lowest BCUT2D eigenvalue weighted by molar-refractivity contribution is -0.301. The van der Waals surface area contributed by atoms with Crippen molar-refractivity contribution in [2.24, 2.45) is 0 Å². The first kappa shape index (κ1) is 10.9. The van der Waals surface area contributed by atoms with Gasteiger partial charge in [-0.15, -0.1) is 0 Å². The molecule has 0 unspecified atom stereocenters. The van der Waals surface area contributed by atoms with Crippen molar-refractivity contribution in [2.75, 3.05) is 5.75 Å². The number of hydrogen-bond acceptors (Lipinski definition) is 4. The monoisotopic (exact) mass is 204 g/mol. The van der Waals surface area contributed by atoms with E-state index in [1.165, 1.54) is 19.3 Å². The maximum absolute atomic E-state index is 10.9. The van der Waals surface area contributed by atoms with Crippen molar-refractivity contribution >= 4 is 18.6 Å². The van der Waals surface area contributed by atoms with Crippen molar-refractivity contribution in [2.45, 2.75) is 44.6 Å². The molecule has 1 aliphatic rings. The van der Waals surface area contributed by atoms with E-state index >= 15 is 0 Å². The van der Waals surface area contributed by atoms with E-state index in [9.17, 15) is 4.79 Å². The fourth-order valence-electron chi connectivity index (χ4n) is 1.42. The van der Waals surface area contributed by atoms with Crippen LogP contribution in [-0.2, 0) is 14.6 Å². The third-order valence-corrected chi connectivity index (χ3v) is 2.37. The van der Waals surface area contributed by atoms with Crippen molar-refractivity contribution in [3.8, 4) is 0 Å². The van der Waals surface area contributed by atoms with E-state index in [-0.39, 0.29) is 12.1 Å². The lowest BCUT2D eigenvalue weighted by Gasteiger charge is -2.19. The summed E-state index contributed by atoms with van der Waals surface area (Å²) in [5.41, 5.74) is 0. The molecule has 0 heterocycles. The maximum atomic E-state index is 10.9. The highest BCUT2D eigenvalue weighted by molar-refractivity contribution is 7.80. The summed E-state index contributed by atoms with van der Waals surface area (Å²) in [6, 6.07) is 0. The van der Waals surface area contributed by atoms with Crippen LogP contribution in [0.4, 0.5) is 0 Å². The summed E-state index contributed by atoms with van der Waals surface area (Å²) in [7, 11) is 0. The molecule has 76 valence electrons. The molecule has 1 saturated carbocycles. The zero-order valence-electron chi connectivity index (χ0n) is 7.70. The van der Waals surface area contributed by atoms with Gasteiger partial charge in [0, 0.05) is 5.75 Å². The Morgan fingerprint density at radius 3 is 2.62 bits per heavy atom. The number of carbonyl (C=O) groups is 1. The minimum Gasteiger partial charge on any atom is -0.298 e. The van der Waals surface area contributed by atoms with Crippen LogP contribution in [0, 0.1) is 0 Å². The lowest BCUT2D eigenvalue weighted by atomic mass is 9.98. The molecule has 0 amide bonds. The highest BCUT2D eigenvalue weighted by Crippen LogP contribution is 2.20. The SMILES string of the molecule is O=C(CCS)OOC1CCCCC1. The third-order valence-electron chi connectivity index (χ3n) is 2.15. The van der Waals surface area contributed by atoms with Crippen molar-refractivity contribution in [3.05, 3.63) is 0 Å². The van der Waals surface area contributed by atoms with Crippen LogP contribution in [0.15, 0.2) is 0 Å². The van der Waals surface area contributed by atoms with Crippen LogP contribution in [0.5, 0.6) is 0 Å². The number of thiol groups is 1. The Kier molecular flexibility index (Phi) is 5.23. The second kappa shape index (κ2) is 6.27. The molecule has 4 heteroatoms. The topological polar surface area (TPSA) is 35.5 Å². The molecule has 3 nitrogen and oxygen atoms in total. The molecule has 0 aromatic heterocycles. The van der Waals surface area contributed by atoms with Crippen molar-refractivity contribution in [3.63, 3.8) is 0 Å². The standard InChI is InChI=1S/C9H16O3S/c10-9(6-7-13)12-11-8-4-2-1-3-5-8/h8,13H,1-7H2. The lowest BCUT2D eigenvalue weighted by Crippen LogP contribution is -2.19. The van der Waals surface area contributed by atoms with Gasteiger partial charge in [0.15, 0.2) is 0 Å². The zero-order valence-corrected chi connectivity index (χ0v) is 8.59. The van der Waals surface area contributed by atoms with Crippen molar-refractivity contribution < 1.29 is 14.6 Å². The number of hydrogen-bond donors (Lipinski definition) is 1. The minimum atomic E-state index is -0.319. The van der Waals surface area contributed by atoms with E-state index in [1.807, 2.05) is 0 Å².